The number of fused-ring (bicyclic) bond motifs is 3. The summed E-state index contributed by atoms with van der Waals surface area (Å²) in [6.45, 7) is 4.25. The minimum absolute atomic E-state index is 0.606. The summed E-state index contributed by atoms with van der Waals surface area (Å²) >= 11 is 1.57. The van der Waals surface area contributed by atoms with Crippen molar-refractivity contribution < 1.29 is 0 Å². The lowest BCUT2D eigenvalue weighted by Crippen LogP contribution is -2.02. The van der Waals surface area contributed by atoms with Crippen LogP contribution in [0, 0.1) is 0 Å². The van der Waals surface area contributed by atoms with Crippen LogP contribution in [-0.2, 0) is 0 Å². The molecule has 0 fully saturated rings. The third kappa shape index (κ3) is 1.76. The number of hydrogen-bond donors (Lipinski definition) is 1. The first-order valence-corrected chi connectivity index (χ1v) is 6.18. The molecule has 3 rings (SSSR count). The molecule has 17 heavy (non-hydrogen) atoms. The van der Waals surface area contributed by atoms with E-state index in [-0.39, 0.29) is 0 Å². The molecule has 0 spiro atoms. The van der Waals surface area contributed by atoms with Crippen LogP contribution in [0.3, 0.4) is 0 Å². The number of aromatic nitrogens is 2. The highest BCUT2D eigenvalue weighted by Gasteiger charge is 2.03. The Labute approximate surface area is 102 Å². The molecule has 0 saturated carbocycles. The van der Waals surface area contributed by atoms with Gasteiger partial charge in [-0.05, 0) is 6.07 Å². The van der Waals surface area contributed by atoms with Gasteiger partial charge in [0.2, 0.25) is 4.80 Å². The average molecular weight is 241 g/mol. The van der Waals surface area contributed by atoms with Crippen LogP contribution in [0.15, 0.2) is 48.1 Å². The first-order valence-electron chi connectivity index (χ1n) is 5.36. The lowest BCUT2D eigenvalue weighted by molar-refractivity contribution is 1.10. The topological polar surface area (TPSA) is 41.0 Å². The fourth-order valence-electron chi connectivity index (χ4n) is 1.80. The van der Waals surface area contributed by atoms with Crippen molar-refractivity contribution >= 4 is 32.5 Å². The summed E-state index contributed by atoms with van der Waals surface area (Å²) in [7, 11) is 0. The second-order valence-corrected chi connectivity index (χ2v) is 4.66. The van der Waals surface area contributed by atoms with Gasteiger partial charge >= 0.3 is 0 Å². The summed E-state index contributed by atoms with van der Waals surface area (Å²) in [5, 5.41) is 2.37. The quantitative estimate of drug-likeness (QED) is 0.689. The minimum Gasteiger partial charge on any atom is -0.346 e. The van der Waals surface area contributed by atoms with Gasteiger partial charge < -0.3 is 4.98 Å². The average Bonchev–Trinajstić information content (AvgIpc) is 2.74. The van der Waals surface area contributed by atoms with Gasteiger partial charge in [0.1, 0.15) is 4.83 Å². The Morgan fingerprint density at radius 2 is 2.24 bits per heavy atom. The van der Waals surface area contributed by atoms with Crippen LogP contribution in [0.4, 0.5) is 0 Å². The van der Waals surface area contributed by atoms with E-state index in [1.165, 1.54) is 5.39 Å². The maximum atomic E-state index is 4.35. The second-order valence-electron chi connectivity index (χ2n) is 3.69. The lowest BCUT2D eigenvalue weighted by Gasteiger charge is -1.89. The van der Waals surface area contributed by atoms with Crippen LogP contribution < -0.4 is 4.80 Å². The molecule has 0 aliphatic rings. The summed E-state index contributed by atoms with van der Waals surface area (Å²) in [4.78, 5) is 13.9. The Bertz CT molecular complexity index is 752. The van der Waals surface area contributed by atoms with E-state index in [0.29, 0.717) is 6.54 Å². The standard InChI is InChI=1S/C13H11N3S/c1-2-7-14-13-15-8-10-9-5-3-4-6-11(9)16-12(10)17-13/h2-6,8,16H,1,7H2. The van der Waals surface area contributed by atoms with Gasteiger partial charge in [0.15, 0.2) is 0 Å². The van der Waals surface area contributed by atoms with Gasteiger partial charge in [0, 0.05) is 22.5 Å². The van der Waals surface area contributed by atoms with E-state index >= 15 is 0 Å². The molecular formula is C13H11N3S. The predicted molar refractivity (Wildman–Crippen MR) is 72.1 cm³/mol. The van der Waals surface area contributed by atoms with Crippen molar-refractivity contribution in [1.82, 2.24) is 9.97 Å². The van der Waals surface area contributed by atoms with Gasteiger partial charge in [-0.15, -0.1) is 6.58 Å². The molecule has 3 aromatic rings. The van der Waals surface area contributed by atoms with Gasteiger partial charge in [-0.2, -0.15) is 0 Å². The first kappa shape index (κ1) is 10.2. The molecule has 2 aromatic heterocycles. The van der Waals surface area contributed by atoms with Crippen molar-refractivity contribution in [3.63, 3.8) is 0 Å². The third-order valence-electron chi connectivity index (χ3n) is 2.56. The summed E-state index contributed by atoms with van der Waals surface area (Å²) in [5.41, 5.74) is 1.14. The largest absolute Gasteiger partial charge is 0.346 e. The maximum Gasteiger partial charge on any atom is 0.206 e. The van der Waals surface area contributed by atoms with Crippen molar-refractivity contribution in [1.29, 1.82) is 0 Å². The Kier molecular flexibility index (Phi) is 2.49. The van der Waals surface area contributed by atoms with E-state index in [4.69, 9.17) is 0 Å². The molecule has 3 nitrogen and oxygen atoms in total. The normalized spacial score (nSPS) is 12.4. The molecule has 0 aliphatic heterocycles. The van der Waals surface area contributed by atoms with Crippen LogP contribution in [0.1, 0.15) is 0 Å². The number of rotatable bonds is 2. The number of benzene rings is 1. The summed E-state index contributed by atoms with van der Waals surface area (Å²) < 4.78 is 0. The summed E-state index contributed by atoms with van der Waals surface area (Å²) in [6, 6.07) is 8.24. The summed E-state index contributed by atoms with van der Waals surface area (Å²) in [6.07, 6.45) is 3.65. The van der Waals surface area contributed by atoms with E-state index in [1.807, 2.05) is 18.3 Å². The minimum atomic E-state index is 0.606. The first-order chi connectivity index (χ1) is 8.38. The number of hydrogen-bond acceptors (Lipinski definition) is 3. The molecular weight excluding hydrogens is 230 g/mol. The monoisotopic (exact) mass is 241 g/mol. The Balaban J connectivity index is 2.30. The van der Waals surface area contributed by atoms with Gasteiger partial charge in [-0.1, -0.05) is 35.6 Å². The van der Waals surface area contributed by atoms with Crippen LogP contribution in [0.2, 0.25) is 0 Å². The van der Waals surface area contributed by atoms with Crippen molar-refractivity contribution in [3.05, 3.63) is 47.9 Å². The zero-order valence-corrected chi connectivity index (χ0v) is 10.00. The van der Waals surface area contributed by atoms with Crippen molar-refractivity contribution in [2.75, 3.05) is 6.54 Å². The second kappa shape index (κ2) is 4.14. The van der Waals surface area contributed by atoms with E-state index in [2.05, 4.69) is 33.7 Å². The van der Waals surface area contributed by atoms with Crippen LogP contribution in [0.5, 0.6) is 0 Å². The molecule has 0 saturated heterocycles. The molecule has 0 aliphatic carbocycles. The predicted octanol–water partition coefficient (Wildman–Crippen LogP) is 2.86. The fourth-order valence-corrected chi connectivity index (χ4v) is 2.66. The van der Waals surface area contributed by atoms with Crippen LogP contribution >= 0.6 is 11.3 Å². The molecule has 0 bridgehead atoms. The fraction of sp³-hybridized carbons (Fsp3) is 0.0769. The number of nitrogens with one attached hydrogen (secondary N) is 1. The lowest BCUT2D eigenvalue weighted by atomic mass is 10.2. The number of H-pyrrole nitrogens is 1. The van der Waals surface area contributed by atoms with Crippen molar-refractivity contribution in [2.24, 2.45) is 4.99 Å². The summed E-state index contributed by atoms with van der Waals surface area (Å²) in [5.74, 6) is 0. The number of para-hydroxylation sites is 1. The third-order valence-corrected chi connectivity index (χ3v) is 3.51. The molecule has 0 atom stereocenters. The van der Waals surface area contributed by atoms with Gasteiger partial charge in [-0.25, -0.2) is 4.98 Å². The van der Waals surface area contributed by atoms with E-state index < -0.39 is 0 Å². The van der Waals surface area contributed by atoms with Crippen molar-refractivity contribution in [2.45, 2.75) is 0 Å². The number of aromatic amines is 1. The van der Waals surface area contributed by atoms with Crippen LogP contribution in [0.25, 0.3) is 21.1 Å². The van der Waals surface area contributed by atoms with Gasteiger partial charge in [0.25, 0.3) is 0 Å². The zero-order valence-electron chi connectivity index (χ0n) is 9.18. The smallest absolute Gasteiger partial charge is 0.206 e. The van der Waals surface area contributed by atoms with E-state index in [0.717, 1.165) is 20.5 Å². The molecule has 1 N–H and O–H groups in total. The van der Waals surface area contributed by atoms with Crippen LogP contribution in [-0.4, -0.2) is 16.5 Å². The Morgan fingerprint density at radius 1 is 1.35 bits per heavy atom. The maximum absolute atomic E-state index is 4.35. The van der Waals surface area contributed by atoms with Gasteiger partial charge in [-0.3, -0.25) is 4.99 Å². The molecule has 0 unspecified atom stereocenters. The van der Waals surface area contributed by atoms with Crippen molar-refractivity contribution in [3.8, 4) is 0 Å². The van der Waals surface area contributed by atoms with E-state index in [9.17, 15) is 0 Å². The Morgan fingerprint density at radius 3 is 3.12 bits per heavy atom. The number of nitrogens with zero attached hydrogens (tertiary/aromatic N) is 2. The highest BCUT2D eigenvalue weighted by Crippen LogP contribution is 2.24. The molecule has 0 radical (unpaired) electrons. The molecule has 0 amide bonds. The molecule has 2 heterocycles. The molecule has 4 heteroatoms. The molecule has 1 aromatic carbocycles. The highest BCUT2D eigenvalue weighted by molar-refractivity contribution is 7.15. The Hall–Kier alpha value is -1.94. The van der Waals surface area contributed by atoms with Gasteiger partial charge in [0.05, 0.1) is 6.54 Å². The SMILES string of the molecule is C=CCN=c1ncc2c([nH]c3ccccc32)s1. The highest BCUT2D eigenvalue weighted by atomic mass is 32.1. The molecule has 84 valence electrons. The van der Waals surface area contributed by atoms with E-state index in [1.54, 1.807) is 17.4 Å². The zero-order chi connectivity index (χ0) is 11.7.